The molecule has 0 N–H and O–H groups in total. The zero-order chi connectivity index (χ0) is 23.0. The molecule has 4 rings (SSSR count). The Kier molecular flexibility index (Phi) is 7.45. The van der Waals surface area contributed by atoms with Crippen LogP contribution in [0.4, 0.5) is 0 Å². The number of aryl methyl sites for hydroxylation is 1. The Labute approximate surface area is 194 Å². The maximum absolute atomic E-state index is 13.6. The van der Waals surface area contributed by atoms with Gasteiger partial charge in [-0.05, 0) is 48.2 Å². The molecule has 3 aromatic carbocycles. The van der Waals surface area contributed by atoms with Crippen LogP contribution in [-0.2, 0) is 15.9 Å². The van der Waals surface area contributed by atoms with E-state index in [-0.39, 0.29) is 12.6 Å². The second kappa shape index (κ2) is 10.9. The van der Waals surface area contributed by atoms with E-state index in [1.54, 1.807) is 13.3 Å². The Balaban J connectivity index is 1.67. The van der Waals surface area contributed by atoms with Gasteiger partial charge in [0.25, 0.3) is 0 Å². The first-order valence-electron chi connectivity index (χ1n) is 10.9. The number of carbonyl (C=O) groups excluding carboxylic acids is 1. The van der Waals surface area contributed by atoms with Crippen LogP contribution in [0.3, 0.4) is 0 Å². The highest BCUT2D eigenvalue weighted by Crippen LogP contribution is 2.33. The molecule has 1 heterocycles. The number of aromatic nitrogens is 1. The predicted molar refractivity (Wildman–Crippen MR) is 129 cm³/mol. The van der Waals surface area contributed by atoms with Crippen LogP contribution >= 0.6 is 0 Å². The molecule has 0 radical (unpaired) electrons. The number of hydrogen-bond donors (Lipinski definition) is 0. The lowest BCUT2D eigenvalue weighted by molar-refractivity contribution is -0.00812. The Morgan fingerprint density at radius 1 is 0.909 bits per heavy atom. The van der Waals surface area contributed by atoms with Crippen LogP contribution in [-0.4, -0.2) is 37.9 Å². The van der Waals surface area contributed by atoms with Crippen molar-refractivity contribution in [2.75, 3.05) is 27.1 Å². The molecule has 0 unspecified atom stereocenters. The molecule has 0 fully saturated rings. The summed E-state index contributed by atoms with van der Waals surface area (Å²) in [6.45, 7) is 2.85. The van der Waals surface area contributed by atoms with Gasteiger partial charge < -0.3 is 14.2 Å². The van der Waals surface area contributed by atoms with Crippen molar-refractivity contribution < 1.29 is 19.0 Å². The van der Waals surface area contributed by atoms with Crippen molar-refractivity contribution >= 4 is 16.7 Å². The molecule has 0 saturated carbocycles. The molecule has 0 amide bonds. The number of carbonyl (C=O) groups is 1. The molecule has 0 aliphatic carbocycles. The van der Waals surface area contributed by atoms with Gasteiger partial charge in [0.2, 0.25) is 0 Å². The quantitative estimate of drug-likeness (QED) is 0.188. The minimum absolute atomic E-state index is 0.00637. The fourth-order valence-corrected chi connectivity index (χ4v) is 3.82. The molecule has 5 heteroatoms. The Bertz CT molecular complexity index is 1240. The fraction of sp³-hybridized carbons (Fsp3) is 0.214. The van der Waals surface area contributed by atoms with Crippen molar-refractivity contribution in [3.63, 3.8) is 0 Å². The molecule has 0 saturated heterocycles. The van der Waals surface area contributed by atoms with Gasteiger partial charge in [-0.3, -0.25) is 9.78 Å². The zero-order valence-electron chi connectivity index (χ0n) is 18.9. The van der Waals surface area contributed by atoms with Crippen LogP contribution in [0.1, 0.15) is 32.6 Å². The van der Waals surface area contributed by atoms with Gasteiger partial charge in [0.1, 0.15) is 5.52 Å². The molecule has 0 atom stereocenters. The molecule has 168 valence electrons. The fourth-order valence-electron chi connectivity index (χ4n) is 3.82. The lowest BCUT2D eigenvalue weighted by atomic mass is 9.95. The highest BCUT2D eigenvalue weighted by molar-refractivity contribution is 6.13. The van der Waals surface area contributed by atoms with Gasteiger partial charge in [-0.15, -0.1) is 0 Å². The monoisotopic (exact) mass is 441 g/mol. The van der Waals surface area contributed by atoms with Crippen LogP contribution < -0.4 is 4.74 Å². The van der Waals surface area contributed by atoms with Crippen molar-refractivity contribution in [1.29, 1.82) is 0 Å². The van der Waals surface area contributed by atoms with Crippen LogP contribution in [0.25, 0.3) is 10.9 Å². The number of hydrogen-bond acceptors (Lipinski definition) is 5. The van der Waals surface area contributed by atoms with Gasteiger partial charge in [-0.1, -0.05) is 54.6 Å². The second-order valence-electron chi connectivity index (χ2n) is 7.82. The SMILES string of the molecule is COCCOCOc1c(C(=O)c2cccc(Cc3ccccc3)c2)cc(C)c2cccnc12. The minimum Gasteiger partial charge on any atom is -0.464 e. The first-order chi connectivity index (χ1) is 16.2. The third-order valence-corrected chi connectivity index (χ3v) is 5.46. The zero-order valence-corrected chi connectivity index (χ0v) is 18.9. The van der Waals surface area contributed by atoms with E-state index in [0.717, 1.165) is 22.9 Å². The molecule has 0 aliphatic heterocycles. The number of pyridine rings is 1. The number of benzene rings is 3. The highest BCUT2D eigenvalue weighted by atomic mass is 16.7. The maximum Gasteiger partial charge on any atom is 0.196 e. The molecule has 33 heavy (non-hydrogen) atoms. The highest BCUT2D eigenvalue weighted by Gasteiger charge is 2.20. The van der Waals surface area contributed by atoms with E-state index >= 15 is 0 Å². The first-order valence-corrected chi connectivity index (χ1v) is 10.9. The third-order valence-electron chi connectivity index (χ3n) is 5.46. The lowest BCUT2D eigenvalue weighted by Gasteiger charge is -2.15. The van der Waals surface area contributed by atoms with Gasteiger partial charge in [0.05, 0.1) is 18.8 Å². The third kappa shape index (κ3) is 5.45. The number of methoxy groups -OCH3 is 1. The van der Waals surface area contributed by atoms with E-state index in [1.165, 1.54) is 5.56 Å². The van der Waals surface area contributed by atoms with Gasteiger partial charge in [0, 0.05) is 24.3 Å². The molecule has 1 aromatic heterocycles. The van der Waals surface area contributed by atoms with E-state index in [9.17, 15) is 4.79 Å². The first kappa shape index (κ1) is 22.6. The Morgan fingerprint density at radius 3 is 2.55 bits per heavy atom. The molecule has 5 nitrogen and oxygen atoms in total. The topological polar surface area (TPSA) is 57.7 Å². The number of ether oxygens (including phenoxy) is 3. The maximum atomic E-state index is 13.6. The average molecular weight is 442 g/mol. The van der Waals surface area contributed by atoms with Crippen molar-refractivity contribution in [2.24, 2.45) is 0 Å². The van der Waals surface area contributed by atoms with Crippen LogP contribution in [0.5, 0.6) is 5.75 Å². The smallest absolute Gasteiger partial charge is 0.196 e. The summed E-state index contributed by atoms with van der Waals surface area (Å²) in [6, 6.07) is 23.7. The van der Waals surface area contributed by atoms with E-state index < -0.39 is 0 Å². The molecule has 0 spiro atoms. The van der Waals surface area contributed by atoms with Gasteiger partial charge in [-0.2, -0.15) is 0 Å². The van der Waals surface area contributed by atoms with Crippen LogP contribution in [0.2, 0.25) is 0 Å². The molecule has 0 bridgehead atoms. The Hall–Kier alpha value is -3.54. The van der Waals surface area contributed by atoms with E-state index in [4.69, 9.17) is 14.2 Å². The standard InChI is InChI=1S/C28H27NO4/c1-20-16-25(28(33-19-32-15-14-31-2)26-24(20)12-7-13-29-26)27(30)23-11-6-10-22(18-23)17-21-8-4-3-5-9-21/h3-13,16,18H,14-15,17,19H2,1-2H3. The molecular formula is C28H27NO4. The summed E-state index contributed by atoms with van der Waals surface area (Å²) >= 11 is 0. The van der Waals surface area contributed by atoms with Crippen LogP contribution in [0.15, 0.2) is 79.0 Å². The molecular weight excluding hydrogens is 414 g/mol. The van der Waals surface area contributed by atoms with Gasteiger partial charge >= 0.3 is 0 Å². The van der Waals surface area contributed by atoms with Crippen molar-refractivity contribution in [2.45, 2.75) is 13.3 Å². The van der Waals surface area contributed by atoms with E-state index in [0.29, 0.717) is 35.6 Å². The minimum atomic E-state index is -0.104. The van der Waals surface area contributed by atoms with E-state index in [1.807, 2.05) is 67.6 Å². The number of fused-ring (bicyclic) bond motifs is 1. The number of ketones is 1. The summed E-state index contributed by atoms with van der Waals surface area (Å²) in [4.78, 5) is 18.1. The van der Waals surface area contributed by atoms with E-state index in [2.05, 4.69) is 17.1 Å². The van der Waals surface area contributed by atoms with Crippen molar-refractivity contribution in [1.82, 2.24) is 4.98 Å². The lowest BCUT2D eigenvalue weighted by Crippen LogP contribution is -2.12. The summed E-state index contributed by atoms with van der Waals surface area (Å²) < 4.78 is 16.5. The average Bonchev–Trinajstić information content (AvgIpc) is 2.85. The largest absolute Gasteiger partial charge is 0.464 e. The second-order valence-corrected chi connectivity index (χ2v) is 7.82. The summed E-state index contributed by atoms with van der Waals surface area (Å²) in [5.41, 5.74) is 4.98. The number of rotatable bonds is 10. The summed E-state index contributed by atoms with van der Waals surface area (Å²) in [6.07, 6.45) is 2.46. The summed E-state index contributed by atoms with van der Waals surface area (Å²) in [7, 11) is 1.62. The summed E-state index contributed by atoms with van der Waals surface area (Å²) in [5.74, 6) is 0.333. The molecule has 0 aliphatic rings. The molecule has 4 aromatic rings. The Morgan fingerprint density at radius 2 is 1.73 bits per heavy atom. The van der Waals surface area contributed by atoms with Crippen molar-refractivity contribution in [3.05, 3.63) is 107 Å². The van der Waals surface area contributed by atoms with Crippen molar-refractivity contribution in [3.8, 4) is 5.75 Å². The summed E-state index contributed by atoms with van der Waals surface area (Å²) in [5, 5.41) is 0.943. The normalized spacial score (nSPS) is 11.0. The predicted octanol–water partition coefficient (Wildman–Crippen LogP) is 5.36. The number of nitrogens with zero attached hydrogens (tertiary/aromatic N) is 1. The van der Waals surface area contributed by atoms with Gasteiger partial charge in [-0.25, -0.2) is 0 Å². The van der Waals surface area contributed by atoms with Crippen LogP contribution in [0, 0.1) is 6.92 Å². The van der Waals surface area contributed by atoms with Gasteiger partial charge in [0.15, 0.2) is 18.3 Å².